The topological polar surface area (TPSA) is 128 Å². The fraction of sp³-hybridized carbons (Fsp3) is 0.105. The molecule has 9 nitrogen and oxygen atoms in total. The number of ether oxygens (including phenoxy) is 1. The standard InChI is InChI=1S/C15H15N3O2S2.C4H4O4/c1-16-10-13-11-18(22(19,20)14-8-5-9-21-14)15(17-13)12-6-3-2-4-7-12;5-3-8-2-1-4(6)7/h2-9,11,16H,10H2,1H3;1-3H,(H,6,7)/b;2-1+. The van der Waals surface area contributed by atoms with Gasteiger partial charge in [0.05, 0.1) is 11.8 Å². The molecule has 2 heterocycles. The van der Waals surface area contributed by atoms with Crippen LogP contribution in [0.3, 0.4) is 0 Å². The van der Waals surface area contributed by atoms with Crippen molar-refractivity contribution >= 4 is 33.8 Å². The van der Waals surface area contributed by atoms with E-state index in [2.05, 4.69) is 15.0 Å². The Morgan fingerprint density at radius 3 is 2.57 bits per heavy atom. The highest BCUT2D eigenvalue weighted by molar-refractivity contribution is 7.92. The van der Waals surface area contributed by atoms with Crippen LogP contribution >= 0.6 is 11.3 Å². The van der Waals surface area contributed by atoms with Crippen LogP contribution in [0.25, 0.3) is 11.4 Å². The van der Waals surface area contributed by atoms with Gasteiger partial charge in [-0.3, -0.25) is 4.79 Å². The summed E-state index contributed by atoms with van der Waals surface area (Å²) in [6.45, 7) is 0.645. The van der Waals surface area contributed by atoms with Gasteiger partial charge in [0.2, 0.25) is 0 Å². The molecule has 0 atom stereocenters. The summed E-state index contributed by atoms with van der Waals surface area (Å²) in [4.78, 5) is 23.4. The van der Waals surface area contributed by atoms with Crippen molar-refractivity contribution in [3.63, 3.8) is 0 Å². The minimum absolute atomic E-state index is 0.138. The van der Waals surface area contributed by atoms with E-state index in [0.29, 0.717) is 28.3 Å². The summed E-state index contributed by atoms with van der Waals surface area (Å²) in [7, 11) is -1.83. The van der Waals surface area contributed by atoms with Crippen LogP contribution in [-0.2, 0) is 30.9 Å². The number of benzene rings is 1. The average molecular weight is 450 g/mol. The van der Waals surface area contributed by atoms with Crippen LogP contribution in [-0.4, -0.2) is 42.0 Å². The molecule has 1 aromatic carbocycles. The molecule has 2 aromatic heterocycles. The predicted molar refractivity (Wildman–Crippen MR) is 111 cm³/mol. The summed E-state index contributed by atoms with van der Waals surface area (Å²) in [6, 6.07) is 12.7. The minimum Gasteiger partial charge on any atom is -0.478 e. The van der Waals surface area contributed by atoms with E-state index in [9.17, 15) is 18.0 Å². The molecule has 0 aliphatic carbocycles. The van der Waals surface area contributed by atoms with Crippen LogP contribution in [0, 0.1) is 0 Å². The number of carboxylic acids is 1. The second-order valence-electron chi connectivity index (χ2n) is 5.56. The number of imidazole rings is 1. The second kappa shape index (κ2) is 11.0. The molecule has 0 fully saturated rings. The van der Waals surface area contributed by atoms with E-state index in [0.717, 1.165) is 11.8 Å². The van der Waals surface area contributed by atoms with Gasteiger partial charge in [-0.2, -0.15) is 8.42 Å². The fourth-order valence-electron chi connectivity index (χ4n) is 2.28. The van der Waals surface area contributed by atoms with Crippen LogP contribution in [0.4, 0.5) is 0 Å². The first-order valence-electron chi connectivity index (χ1n) is 8.46. The van der Waals surface area contributed by atoms with Crippen LogP contribution in [0.1, 0.15) is 5.69 Å². The number of nitrogens with zero attached hydrogens (tertiary/aromatic N) is 2. The lowest BCUT2D eigenvalue weighted by atomic mass is 10.2. The molecule has 0 amide bonds. The number of carboxylic acid groups (broad SMARTS) is 1. The fourth-order valence-corrected chi connectivity index (χ4v) is 4.70. The van der Waals surface area contributed by atoms with E-state index in [1.807, 2.05) is 30.3 Å². The van der Waals surface area contributed by atoms with Gasteiger partial charge in [-0.15, -0.1) is 11.3 Å². The zero-order chi connectivity index (χ0) is 22.0. The van der Waals surface area contributed by atoms with E-state index in [1.54, 1.807) is 30.8 Å². The molecular formula is C19H19N3O6S2. The molecule has 11 heteroatoms. The zero-order valence-corrected chi connectivity index (χ0v) is 17.5. The quantitative estimate of drug-likeness (QED) is 0.305. The monoisotopic (exact) mass is 449 g/mol. The first kappa shape index (κ1) is 23.0. The lowest BCUT2D eigenvalue weighted by Gasteiger charge is -2.07. The number of rotatable bonds is 8. The first-order valence-corrected chi connectivity index (χ1v) is 10.8. The van der Waals surface area contributed by atoms with E-state index < -0.39 is 16.0 Å². The summed E-state index contributed by atoms with van der Waals surface area (Å²) >= 11 is 1.20. The molecule has 0 radical (unpaired) electrons. The van der Waals surface area contributed by atoms with Crippen molar-refractivity contribution in [1.82, 2.24) is 14.3 Å². The SMILES string of the molecule is CNCc1cn(S(=O)(=O)c2cccs2)c(-c2ccccc2)n1.O=CO/C=C/C(=O)O. The number of hydrogen-bond donors (Lipinski definition) is 2. The Balaban J connectivity index is 0.000000343. The molecule has 0 aliphatic heterocycles. The highest BCUT2D eigenvalue weighted by Gasteiger charge is 2.23. The minimum atomic E-state index is -3.63. The Kier molecular flexibility index (Phi) is 8.47. The number of carbonyl (C=O) groups excluding carboxylic acids is 1. The maximum absolute atomic E-state index is 12.8. The summed E-state index contributed by atoms with van der Waals surface area (Å²) < 4.78 is 31.1. The smallest absolute Gasteiger partial charge is 0.331 e. The molecule has 158 valence electrons. The highest BCUT2D eigenvalue weighted by atomic mass is 32.2. The van der Waals surface area contributed by atoms with E-state index in [4.69, 9.17) is 5.11 Å². The summed E-state index contributed by atoms with van der Waals surface area (Å²) in [5.41, 5.74) is 1.45. The average Bonchev–Trinajstić information content (AvgIpc) is 3.40. The molecular weight excluding hydrogens is 430 g/mol. The van der Waals surface area contributed by atoms with Crippen molar-refractivity contribution in [2.45, 2.75) is 10.8 Å². The third-order valence-corrected chi connectivity index (χ3v) is 6.49. The maximum atomic E-state index is 12.8. The van der Waals surface area contributed by atoms with E-state index in [-0.39, 0.29) is 6.47 Å². The highest BCUT2D eigenvalue weighted by Crippen LogP contribution is 2.26. The van der Waals surface area contributed by atoms with Crippen molar-refractivity contribution in [1.29, 1.82) is 0 Å². The second-order valence-corrected chi connectivity index (χ2v) is 8.55. The number of aliphatic carboxylic acids is 1. The molecule has 2 N–H and O–H groups in total. The van der Waals surface area contributed by atoms with E-state index >= 15 is 0 Å². The number of aromatic nitrogens is 2. The normalized spacial score (nSPS) is 11.0. The van der Waals surface area contributed by atoms with Gasteiger partial charge >= 0.3 is 5.97 Å². The summed E-state index contributed by atoms with van der Waals surface area (Å²) in [5, 5.41) is 12.6. The number of thiophene rings is 1. The molecule has 3 rings (SSSR count). The summed E-state index contributed by atoms with van der Waals surface area (Å²) in [5.74, 6) is -0.717. The predicted octanol–water partition coefficient (Wildman–Crippen LogP) is 2.33. The number of nitrogens with one attached hydrogen (secondary N) is 1. The van der Waals surface area contributed by atoms with Crippen molar-refractivity contribution < 1.29 is 27.9 Å². The Labute approximate surface area is 177 Å². The van der Waals surface area contributed by atoms with Gasteiger partial charge in [0.25, 0.3) is 16.5 Å². The molecule has 3 aromatic rings. The Morgan fingerprint density at radius 2 is 2.00 bits per heavy atom. The molecule has 0 saturated carbocycles. The lowest BCUT2D eigenvalue weighted by molar-refractivity contribution is -0.131. The maximum Gasteiger partial charge on any atom is 0.331 e. The van der Waals surface area contributed by atoms with Gasteiger partial charge in [-0.05, 0) is 18.5 Å². The van der Waals surface area contributed by atoms with Gasteiger partial charge in [-0.25, -0.2) is 13.8 Å². The molecule has 30 heavy (non-hydrogen) atoms. The summed E-state index contributed by atoms with van der Waals surface area (Å²) in [6.07, 6.45) is 3.08. The van der Waals surface area contributed by atoms with Gasteiger partial charge in [-0.1, -0.05) is 36.4 Å². The van der Waals surface area contributed by atoms with Gasteiger partial charge in [0, 0.05) is 18.3 Å². The van der Waals surface area contributed by atoms with Crippen LogP contribution < -0.4 is 5.32 Å². The first-order chi connectivity index (χ1) is 14.4. The van der Waals surface area contributed by atoms with Gasteiger partial charge in [0.1, 0.15) is 10.5 Å². The van der Waals surface area contributed by atoms with E-state index in [1.165, 1.54) is 15.3 Å². The van der Waals surface area contributed by atoms with Crippen LogP contribution in [0.5, 0.6) is 0 Å². The molecule has 0 bridgehead atoms. The molecule has 0 aliphatic rings. The third-order valence-electron chi connectivity index (χ3n) is 3.47. The van der Waals surface area contributed by atoms with Gasteiger partial charge in [0.15, 0.2) is 5.82 Å². The Morgan fingerprint density at radius 1 is 1.27 bits per heavy atom. The van der Waals surface area contributed by atoms with Crippen LogP contribution in [0.2, 0.25) is 0 Å². The zero-order valence-electron chi connectivity index (χ0n) is 15.8. The van der Waals surface area contributed by atoms with Crippen molar-refractivity contribution in [2.75, 3.05) is 7.05 Å². The Bertz CT molecular complexity index is 1090. The molecule has 0 spiro atoms. The number of carbonyl (C=O) groups is 2. The molecule has 0 unspecified atom stereocenters. The Hall–Kier alpha value is -3.28. The van der Waals surface area contributed by atoms with Crippen LogP contribution in [0.15, 0.2) is 70.6 Å². The lowest BCUT2D eigenvalue weighted by Crippen LogP contribution is -2.12. The molecule has 0 saturated heterocycles. The van der Waals surface area contributed by atoms with Crippen molar-refractivity contribution in [3.05, 3.63) is 72.1 Å². The largest absolute Gasteiger partial charge is 0.478 e. The van der Waals surface area contributed by atoms with Crippen molar-refractivity contribution in [3.8, 4) is 11.4 Å². The van der Waals surface area contributed by atoms with Crippen molar-refractivity contribution in [2.24, 2.45) is 0 Å². The van der Waals surface area contributed by atoms with Gasteiger partial charge < -0.3 is 15.2 Å². The third kappa shape index (κ3) is 6.11. The number of hydrogen-bond acceptors (Lipinski definition) is 8.